The fourth-order valence-corrected chi connectivity index (χ4v) is 4.23. The van der Waals surface area contributed by atoms with E-state index in [1.165, 1.54) is 11.3 Å². The second-order valence-electron chi connectivity index (χ2n) is 7.21. The number of halogens is 1. The summed E-state index contributed by atoms with van der Waals surface area (Å²) >= 11 is 7.08. The van der Waals surface area contributed by atoms with Crippen molar-refractivity contribution in [3.05, 3.63) is 74.9 Å². The van der Waals surface area contributed by atoms with E-state index in [-0.39, 0.29) is 24.3 Å². The standard InChI is InChI=1S/C23H20ClN3O4S/c1-14-2-7-18(26-23(30)19-8-9-20(24)32-19)17(12-14)22(29)25-15-3-5-16(6-4-15)27-10-11-31-13-21(27)28/h2-9,12H,10-11,13H2,1H3,(H,25,29)(H,26,30). The molecule has 2 N–H and O–H groups in total. The van der Waals surface area contributed by atoms with Crippen molar-refractivity contribution in [3.8, 4) is 0 Å². The monoisotopic (exact) mass is 469 g/mol. The molecular formula is C23H20ClN3O4S. The number of rotatable bonds is 5. The van der Waals surface area contributed by atoms with Gasteiger partial charge in [0.1, 0.15) is 6.61 Å². The normalized spacial score (nSPS) is 13.7. The largest absolute Gasteiger partial charge is 0.370 e. The van der Waals surface area contributed by atoms with Crippen molar-refractivity contribution in [2.45, 2.75) is 6.92 Å². The molecule has 1 aliphatic rings. The Hall–Kier alpha value is -3.20. The molecule has 0 radical (unpaired) electrons. The highest BCUT2D eigenvalue weighted by atomic mass is 35.5. The second kappa shape index (κ2) is 9.52. The van der Waals surface area contributed by atoms with Crippen LogP contribution in [-0.2, 0) is 9.53 Å². The number of ether oxygens (including phenoxy) is 1. The van der Waals surface area contributed by atoms with Crippen molar-refractivity contribution >= 4 is 57.7 Å². The topological polar surface area (TPSA) is 87.7 Å². The van der Waals surface area contributed by atoms with Crippen LogP contribution in [0.1, 0.15) is 25.6 Å². The molecule has 9 heteroatoms. The average molecular weight is 470 g/mol. The molecule has 4 rings (SSSR count). The summed E-state index contributed by atoms with van der Waals surface area (Å²) in [5.41, 5.74) is 2.94. The molecule has 2 aromatic carbocycles. The first kappa shape index (κ1) is 22.0. The third-order valence-corrected chi connectivity index (χ3v) is 6.12. The summed E-state index contributed by atoms with van der Waals surface area (Å²) in [6.07, 6.45) is 0. The van der Waals surface area contributed by atoms with Crippen LogP contribution in [-0.4, -0.2) is 37.5 Å². The molecular weight excluding hydrogens is 450 g/mol. The quantitative estimate of drug-likeness (QED) is 0.572. The number of benzene rings is 2. The summed E-state index contributed by atoms with van der Waals surface area (Å²) < 4.78 is 5.67. The van der Waals surface area contributed by atoms with E-state index in [2.05, 4.69) is 10.6 Å². The highest BCUT2D eigenvalue weighted by molar-refractivity contribution is 7.18. The lowest BCUT2D eigenvalue weighted by Crippen LogP contribution is -2.41. The molecule has 1 aromatic heterocycles. The minimum Gasteiger partial charge on any atom is -0.370 e. The molecule has 0 unspecified atom stereocenters. The third kappa shape index (κ3) is 4.99. The van der Waals surface area contributed by atoms with Gasteiger partial charge in [0, 0.05) is 17.9 Å². The van der Waals surface area contributed by atoms with E-state index < -0.39 is 0 Å². The molecule has 7 nitrogen and oxygen atoms in total. The Morgan fingerprint density at radius 3 is 2.50 bits per heavy atom. The van der Waals surface area contributed by atoms with Crippen LogP contribution in [0.2, 0.25) is 4.34 Å². The molecule has 1 fully saturated rings. The first-order chi connectivity index (χ1) is 15.4. The predicted octanol–water partition coefficient (Wildman–Crippen LogP) is 4.58. The van der Waals surface area contributed by atoms with Crippen molar-refractivity contribution in [1.29, 1.82) is 0 Å². The molecule has 0 bridgehead atoms. The number of nitrogens with zero attached hydrogens (tertiary/aromatic N) is 1. The van der Waals surface area contributed by atoms with Crippen molar-refractivity contribution in [2.75, 3.05) is 35.3 Å². The molecule has 2 heterocycles. The predicted molar refractivity (Wildman–Crippen MR) is 126 cm³/mol. The number of carbonyl (C=O) groups excluding carboxylic acids is 3. The van der Waals surface area contributed by atoms with Gasteiger partial charge >= 0.3 is 0 Å². The van der Waals surface area contributed by atoms with Crippen molar-refractivity contribution < 1.29 is 19.1 Å². The maximum absolute atomic E-state index is 13.0. The molecule has 0 aliphatic carbocycles. The number of hydrogen-bond donors (Lipinski definition) is 2. The SMILES string of the molecule is Cc1ccc(NC(=O)c2ccc(Cl)s2)c(C(=O)Nc2ccc(N3CCOCC3=O)cc2)c1. The van der Waals surface area contributed by atoms with Gasteiger partial charge in [0.05, 0.1) is 27.1 Å². The second-order valence-corrected chi connectivity index (χ2v) is 8.92. The van der Waals surface area contributed by atoms with Gasteiger partial charge in [0.25, 0.3) is 17.7 Å². The lowest BCUT2D eigenvalue weighted by atomic mass is 10.1. The van der Waals surface area contributed by atoms with Gasteiger partial charge in [-0.15, -0.1) is 11.3 Å². The lowest BCUT2D eigenvalue weighted by molar-refractivity contribution is -0.125. The molecule has 0 atom stereocenters. The van der Waals surface area contributed by atoms with Gasteiger partial charge in [-0.25, -0.2) is 0 Å². The number of carbonyl (C=O) groups is 3. The number of aryl methyl sites for hydroxylation is 1. The number of morpholine rings is 1. The Kier molecular flexibility index (Phi) is 6.55. The van der Waals surface area contributed by atoms with Gasteiger partial charge in [0.2, 0.25) is 0 Å². The lowest BCUT2D eigenvalue weighted by Gasteiger charge is -2.26. The fourth-order valence-electron chi connectivity index (χ4n) is 3.29. The molecule has 0 spiro atoms. The van der Waals surface area contributed by atoms with Crippen LogP contribution in [0.25, 0.3) is 0 Å². The first-order valence-corrected chi connectivity index (χ1v) is 11.1. The molecule has 3 amide bonds. The van der Waals surface area contributed by atoms with Crippen molar-refractivity contribution in [1.82, 2.24) is 0 Å². The minimum absolute atomic E-state index is 0.0675. The van der Waals surface area contributed by atoms with Gasteiger partial charge in [-0.3, -0.25) is 14.4 Å². The number of amides is 3. The van der Waals surface area contributed by atoms with Crippen LogP contribution in [0.4, 0.5) is 17.1 Å². The van der Waals surface area contributed by atoms with Crippen LogP contribution in [0.3, 0.4) is 0 Å². The smallest absolute Gasteiger partial charge is 0.265 e. The van der Waals surface area contributed by atoms with Gasteiger partial charge < -0.3 is 20.3 Å². The molecule has 3 aromatic rings. The summed E-state index contributed by atoms with van der Waals surface area (Å²) in [7, 11) is 0. The van der Waals surface area contributed by atoms with E-state index in [0.29, 0.717) is 39.3 Å². The summed E-state index contributed by atoms with van der Waals surface area (Å²) in [5.74, 6) is -0.789. The highest BCUT2D eigenvalue weighted by Crippen LogP contribution is 2.25. The average Bonchev–Trinajstić information content (AvgIpc) is 3.22. The number of nitrogens with one attached hydrogen (secondary N) is 2. The summed E-state index contributed by atoms with van der Waals surface area (Å²) in [6.45, 7) is 2.92. The van der Waals surface area contributed by atoms with Crippen LogP contribution in [0.15, 0.2) is 54.6 Å². The van der Waals surface area contributed by atoms with Crippen molar-refractivity contribution in [2.24, 2.45) is 0 Å². The fraction of sp³-hybridized carbons (Fsp3) is 0.174. The Labute approximate surface area is 193 Å². The molecule has 1 aliphatic heterocycles. The van der Waals surface area contributed by atoms with Crippen LogP contribution < -0.4 is 15.5 Å². The van der Waals surface area contributed by atoms with Gasteiger partial charge in [0.15, 0.2) is 0 Å². The van der Waals surface area contributed by atoms with Crippen molar-refractivity contribution in [3.63, 3.8) is 0 Å². The Bertz CT molecular complexity index is 1180. The van der Waals surface area contributed by atoms with E-state index in [1.807, 2.05) is 13.0 Å². The summed E-state index contributed by atoms with van der Waals surface area (Å²) in [6, 6.07) is 15.5. The zero-order valence-electron chi connectivity index (χ0n) is 17.2. The van der Waals surface area contributed by atoms with E-state index in [4.69, 9.17) is 16.3 Å². The molecule has 1 saturated heterocycles. The maximum Gasteiger partial charge on any atom is 0.265 e. The van der Waals surface area contributed by atoms with E-state index in [9.17, 15) is 14.4 Å². The summed E-state index contributed by atoms with van der Waals surface area (Å²) in [4.78, 5) is 39.6. The Balaban J connectivity index is 1.50. The maximum atomic E-state index is 13.0. The van der Waals surface area contributed by atoms with E-state index in [0.717, 1.165) is 11.3 Å². The highest BCUT2D eigenvalue weighted by Gasteiger charge is 2.20. The zero-order valence-corrected chi connectivity index (χ0v) is 18.8. The number of anilines is 3. The van der Waals surface area contributed by atoms with E-state index in [1.54, 1.807) is 53.4 Å². The van der Waals surface area contributed by atoms with Gasteiger partial charge in [-0.2, -0.15) is 0 Å². The molecule has 32 heavy (non-hydrogen) atoms. The van der Waals surface area contributed by atoms with Gasteiger partial charge in [-0.1, -0.05) is 23.2 Å². The molecule has 0 saturated carbocycles. The van der Waals surface area contributed by atoms with Crippen LogP contribution in [0, 0.1) is 6.92 Å². The van der Waals surface area contributed by atoms with Crippen LogP contribution in [0.5, 0.6) is 0 Å². The first-order valence-electron chi connectivity index (χ1n) is 9.87. The number of hydrogen-bond acceptors (Lipinski definition) is 5. The minimum atomic E-state index is -0.358. The van der Waals surface area contributed by atoms with Gasteiger partial charge in [-0.05, 0) is 55.5 Å². The van der Waals surface area contributed by atoms with Crippen LogP contribution >= 0.6 is 22.9 Å². The molecule has 164 valence electrons. The number of thiophene rings is 1. The zero-order chi connectivity index (χ0) is 22.7. The Morgan fingerprint density at radius 1 is 1.03 bits per heavy atom. The van der Waals surface area contributed by atoms with E-state index >= 15 is 0 Å². The summed E-state index contributed by atoms with van der Waals surface area (Å²) in [5, 5.41) is 5.63. The Morgan fingerprint density at radius 2 is 1.81 bits per heavy atom. The third-order valence-electron chi connectivity index (χ3n) is 4.89.